The van der Waals surface area contributed by atoms with Gasteiger partial charge in [0.2, 0.25) is 0 Å². The predicted molar refractivity (Wildman–Crippen MR) is 131 cm³/mol. The summed E-state index contributed by atoms with van der Waals surface area (Å²) in [4.78, 5) is 12.8. The van der Waals surface area contributed by atoms with Gasteiger partial charge in [-0.1, -0.05) is 52.0 Å². The summed E-state index contributed by atoms with van der Waals surface area (Å²) in [7, 11) is 0. The Bertz CT molecular complexity index is 1030. The van der Waals surface area contributed by atoms with Crippen molar-refractivity contribution in [3.05, 3.63) is 89.0 Å². The quantitative estimate of drug-likeness (QED) is 0.428. The van der Waals surface area contributed by atoms with E-state index in [1.54, 1.807) is 6.07 Å². The lowest BCUT2D eigenvalue weighted by atomic mass is 9.87. The van der Waals surface area contributed by atoms with Crippen molar-refractivity contribution in [2.24, 2.45) is 0 Å². The van der Waals surface area contributed by atoms with Gasteiger partial charge in [-0.3, -0.25) is 4.79 Å². The number of amides is 1. The number of hydrogen-bond donors (Lipinski definition) is 1. The highest BCUT2D eigenvalue weighted by Crippen LogP contribution is 2.26. The van der Waals surface area contributed by atoms with E-state index >= 15 is 0 Å². The normalized spacial score (nSPS) is 11.2. The Balaban J connectivity index is 1.74. The molecule has 0 spiro atoms. The Morgan fingerprint density at radius 1 is 0.875 bits per heavy atom. The van der Waals surface area contributed by atoms with Gasteiger partial charge in [-0.25, -0.2) is 0 Å². The van der Waals surface area contributed by atoms with Crippen LogP contribution in [0.2, 0.25) is 0 Å². The van der Waals surface area contributed by atoms with Crippen molar-refractivity contribution in [2.75, 3.05) is 11.9 Å². The fourth-order valence-electron chi connectivity index (χ4n) is 3.37. The minimum absolute atomic E-state index is 0.0964. The highest BCUT2D eigenvalue weighted by atomic mass is 16.5. The Morgan fingerprint density at radius 3 is 2.16 bits per heavy atom. The first-order chi connectivity index (χ1) is 15.3. The van der Waals surface area contributed by atoms with E-state index in [-0.39, 0.29) is 11.3 Å². The van der Waals surface area contributed by atoms with Crippen LogP contribution >= 0.6 is 0 Å². The fraction of sp³-hybridized carbons (Fsp3) is 0.321. The molecule has 3 aromatic carbocycles. The minimum Gasteiger partial charge on any atom is -0.493 e. The van der Waals surface area contributed by atoms with Crippen molar-refractivity contribution in [2.45, 2.75) is 53.1 Å². The van der Waals surface area contributed by atoms with E-state index in [4.69, 9.17) is 9.47 Å². The molecule has 0 bridgehead atoms. The number of benzene rings is 3. The van der Waals surface area contributed by atoms with Gasteiger partial charge in [0.25, 0.3) is 5.91 Å². The molecule has 0 radical (unpaired) electrons. The van der Waals surface area contributed by atoms with Crippen molar-refractivity contribution in [3.8, 4) is 11.5 Å². The molecule has 3 aromatic rings. The van der Waals surface area contributed by atoms with Crippen LogP contribution in [-0.2, 0) is 18.4 Å². The van der Waals surface area contributed by atoms with E-state index in [1.165, 1.54) is 11.1 Å². The maximum absolute atomic E-state index is 12.8. The van der Waals surface area contributed by atoms with Crippen LogP contribution in [0.15, 0.2) is 66.7 Å². The van der Waals surface area contributed by atoms with Gasteiger partial charge in [-0.2, -0.15) is 0 Å². The third-order valence-electron chi connectivity index (χ3n) is 5.36. The highest BCUT2D eigenvalue weighted by Gasteiger charge is 2.14. The first-order valence-corrected chi connectivity index (χ1v) is 11.2. The highest BCUT2D eigenvalue weighted by molar-refractivity contribution is 6.04. The molecule has 4 heteroatoms. The topological polar surface area (TPSA) is 47.6 Å². The van der Waals surface area contributed by atoms with Crippen LogP contribution in [0.4, 0.5) is 5.69 Å². The van der Waals surface area contributed by atoms with E-state index < -0.39 is 0 Å². The zero-order chi connectivity index (χ0) is 23.1. The van der Waals surface area contributed by atoms with Crippen molar-refractivity contribution < 1.29 is 14.3 Å². The number of anilines is 1. The van der Waals surface area contributed by atoms with E-state index in [9.17, 15) is 4.79 Å². The number of rotatable bonds is 8. The Kier molecular flexibility index (Phi) is 7.57. The second kappa shape index (κ2) is 10.4. The second-order valence-corrected chi connectivity index (χ2v) is 8.82. The molecule has 0 atom stereocenters. The lowest BCUT2D eigenvalue weighted by Crippen LogP contribution is -2.13. The molecule has 3 rings (SSSR count). The van der Waals surface area contributed by atoms with Gasteiger partial charge in [-0.05, 0) is 72.4 Å². The molecular formula is C28H33NO3. The molecule has 1 amide bonds. The molecule has 0 saturated carbocycles. The summed E-state index contributed by atoms with van der Waals surface area (Å²) >= 11 is 0. The molecular weight excluding hydrogens is 398 g/mol. The lowest BCUT2D eigenvalue weighted by molar-refractivity contribution is 0.102. The van der Waals surface area contributed by atoms with E-state index in [1.807, 2.05) is 55.5 Å². The van der Waals surface area contributed by atoms with Crippen LogP contribution < -0.4 is 14.8 Å². The van der Waals surface area contributed by atoms with Crippen LogP contribution in [0.3, 0.4) is 0 Å². The third-order valence-corrected chi connectivity index (χ3v) is 5.36. The molecule has 0 aliphatic rings. The molecule has 0 fully saturated rings. The lowest BCUT2D eigenvalue weighted by Gasteiger charge is -2.19. The zero-order valence-corrected chi connectivity index (χ0v) is 19.7. The van der Waals surface area contributed by atoms with E-state index in [0.29, 0.717) is 18.8 Å². The number of ether oxygens (including phenoxy) is 2. The number of hydrogen-bond acceptors (Lipinski definition) is 3. The summed E-state index contributed by atoms with van der Waals surface area (Å²) in [6.07, 6.45) is 0.968. The standard InChI is InChI=1S/C28H33NO3/c1-6-20-8-13-24(14-9-20)29-27(30)21-10-17-26(31-7-2)22(18-21)19-32-25-15-11-23(12-16-25)28(3,4)5/h8-18H,6-7,19H2,1-5H3,(H,29,30). The Hall–Kier alpha value is -3.27. The summed E-state index contributed by atoms with van der Waals surface area (Å²) in [6, 6.07) is 21.5. The molecule has 0 saturated heterocycles. The maximum Gasteiger partial charge on any atom is 0.255 e. The summed E-state index contributed by atoms with van der Waals surface area (Å²) in [5, 5.41) is 2.96. The molecule has 168 valence electrons. The Morgan fingerprint density at radius 2 is 1.56 bits per heavy atom. The van der Waals surface area contributed by atoms with Crippen LogP contribution in [0, 0.1) is 0 Å². The average Bonchev–Trinajstić information content (AvgIpc) is 2.78. The van der Waals surface area contributed by atoms with Crippen molar-refractivity contribution in [1.82, 2.24) is 0 Å². The molecule has 0 aliphatic heterocycles. The summed E-state index contributed by atoms with van der Waals surface area (Å²) in [5.74, 6) is 1.35. The molecule has 32 heavy (non-hydrogen) atoms. The predicted octanol–water partition coefficient (Wildman–Crippen LogP) is 6.78. The van der Waals surface area contributed by atoms with Gasteiger partial charge in [0.1, 0.15) is 18.1 Å². The van der Waals surface area contributed by atoms with E-state index in [0.717, 1.165) is 29.2 Å². The average molecular weight is 432 g/mol. The monoisotopic (exact) mass is 431 g/mol. The van der Waals surface area contributed by atoms with Crippen LogP contribution in [0.5, 0.6) is 11.5 Å². The largest absolute Gasteiger partial charge is 0.493 e. The first-order valence-electron chi connectivity index (χ1n) is 11.2. The molecule has 0 aliphatic carbocycles. The van der Waals surface area contributed by atoms with Crippen LogP contribution in [0.1, 0.15) is 61.7 Å². The number of carbonyl (C=O) groups excluding carboxylic acids is 1. The number of aryl methyl sites for hydroxylation is 1. The molecule has 0 unspecified atom stereocenters. The van der Waals surface area contributed by atoms with Gasteiger partial charge in [0.15, 0.2) is 0 Å². The third kappa shape index (κ3) is 6.13. The van der Waals surface area contributed by atoms with Crippen molar-refractivity contribution in [1.29, 1.82) is 0 Å². The van der Waals surface area contributed by atoms with Gasteiger partial charge in [-0.15, -0.1) is 0 Å². The van der Waals surface area contributed by atoms with Gasteiger partial charge in [0.05, 0.1) is 6.61 Å². The second-order valence-electron chi connectivity index (χ2n) is 8.82. The fourth-order valence-corrected chi connectivity index (χ4v) is 3.37. The van der Waals surface area contributed by atoms with Crippen molar-refractivity contribution >= 4 is 11.6 Å². The summed E-state index contributed by atoms with van der Waals surface area (Å²) < 4.78 is 11.8. The van der Waals surface area contributed by atoms with Crippen LogP contribution in [0.25, 0.3) is 0 Å². The van der Waals surface area contributed by atoms with Crippen LogP contribution in [-0.4, -0.2) is 12.5 Å². The smallest absolute Gasteiger partial charge is 0.255 e. The van der Waals surface area contributed by atoms with Gasteiger partial charge in [0, 0.05) is 16.8 Å². The SMILES string of the molecule is CCOc1ccc(C(=O)Nc2ccc(CC)cc2)cc1COc1ccc(C(C)(C)C)cc1. The van der Waals surface area contributed by atoms with Crippen molar-refractivity contribution in [3.63, 3.8) is 0 Å². The minimum atomic E-state index is -0.159. The molecule has 4 nitrogen and oxygen atoms in total. The Labute approximate surface area is 191 Å². The molecule has 1 N–H and O–H groups in total. The number of nitrogens with one attached hydrogen (secondary N) is 1. The van der Waals surface area contributed by atoms with Gasteiger partial charge < -0.3 is 14.8 Å². The number of carbonyl (C=O) groups is 1. The molecule has 0 aromatic heterocycles. The maximum atomic E-state index is 12.8. The van der Waals surface area contributed by atoms with Gasteiger partial charge >= 0.3 is 0 Å². The first kappa shape index (κ1) is 23.4. The summed E-state index contributed by atoms with van der Waals surface area (Å²) in [5.41, 5.74) is 4.76. The van der Waals surface area contributed by atoms with E-state index in [2.05, 4.69) is 45.1 Å². The molecule has 0 heterocycles. The zero-order valence-electron chi connectivity index (χ0n) is 19.7. The summed E-state index contributed by atoms with van der Waals surface area (Å²) in [6.45, 7) is 11.5.